The maximum Gasteiger partial charge on any atom is 0.333 e. The Balaban J connectivity index is 2.43. The van der Waals surface area contributed by atoms with Crippen LogP contribution in [0.5, 0.6) is 0 Å². The van der Waals surface area contributed by atoms with Crippen molar-refractivity contribution in [1.82, 2.24) is 9.13 Å². The molecule has 0 spiro atoms. The Labute approximate surface area is 111 Å². The zero-order chi connectivity index (χ0) is 13.6. The van der Waals surface area contributed by atoms with E-state index >= 15 is 0 Å². The monoisotopic (exact) mass is 252 g/mol. The number of rotatable bonds is 1. The molecule has 96 valence electrons. The zero-order valence-electron chi connectivity index (χ0n) is 11.3. The predicted octanol–water partition coefficient (Wildman–Crippen LogP) is 2.95. The summed E-state index contributed by atoms with van der Waals surface area (Å²) in [5.74, 6) is 0. The molecule has 0 aliphatic heterocycles. The molecule has 2 aromatic carbocycles. The third-order valence-electron chi connectivity index (χ3n) is 3.56. The molecule has 3 rings (SSSR count). The summed E-state index contributed by atoms with van der Waals surface area (Å²) in [6.07, 6.45) is 0. The molecule has 1 heterocycles. The van der Waals surface area contributed by atoms with Gasteiger partial charge in [-0.05, 0) is 37.6 Å². The summed E-state index contributed by atoms with van der Waals surface area (Å²) in [5, 5.41) is 0. The summed E-state index contributed by atoms with van der Waals surface area (Å²) in [6, 6.07) is 14.0. The van der Waals surface area contributed by atoms with Crippen molar-refractivity contribution < 1.29 is 0 Å². The van der Waals surface area contributed by atoms with Crippen molar-refractivity contribution >= 4 is 11.0 Å². The minimum atomic E-state index is -0.00634. The average molecular weight is 252 g/mol. The van der Waals surface area contributed by atoms with Gasteiger partial charge < -0.3 is 0 Å². The quantitative estimate of drug-likeness (QED) is 0.654. The molecule has 3 nitrogen and oxygen atoms in total. The van der Waals surface area contributed by atoms with Gasteiger partial charge in [-0.25, -0.2) is 4.79 Å². The fourth-order valence-corrected chi connectivity index (χ4v) is 2.58. The molecule has 0 bridgehead atoms. The first-order chi connectivity index (χ1) is 9.09. The highest BCUT2D eigenvalue weighted by Crippen LogP contribution is 2.20. The van der Waals surface area contributed by atoms with Gasteiger partial charge in [-0.15, -0.1) is 0 Å². The molecular formula is C16H16N2O. The summed E-state index contributed by atoms with van der Waals surface area (Å²) in [7, 11) is 1.81. The Morgan fingerprint density at radius 2 is 1.63 bits per heavy atom. The first kappa shape index (κ1) is 11.8. The predicted molar refractivity (Wildman–Crippen MR) is 78.0 cm³/mol. The topological polar surface area (TPSA) is 26.9 Å². The molecule has 0 aliphatic rings. The normalized spacial score (nSPS) is 11.1. The Morgan fingerprint density at radius 3 is 2.32 bits per heavy atom. The van der Waals surface area contributed by atoms with Crippen molar-refractivity contribution in [2.75, 3.05) is 0 Å². The second kappa shape index (κ2) is 4.12. The van der Waals surface area contributed by atoms with E-state index in [1.807, 2.05) is 50.4 Å². The van der Waals surface area contributed by atoms with E-state index in [1.54, 1.807) is 9.13 Å². The highest BCUT2D eigenvalue weighted by Gasteiger charge is 2.12. The lowest BCUT2D eigenvalue weighted by molar-refractivity contribution is 0.843. The van der Waals surface area contributed by atoms with Crippen LogP contribution in [0.1, 0.15) is 11.1 Å². The molecule has 1 aromatic heterocycles. The summed E-state index contributed by atoms with van der Waals surface area (Å²) in [4.78, 5) is 12.5. The number of aryl methyl sites for hydroxylation is 3. The van der Waals surface area contributed by atoms with Crippen LogP contribution in [-0.4, -0.2) is 9.13 Å². The number of nitrogens with zero attached hydrogens (tertiary/aromatic N) is 2. The summed E-state index contributed by atoms with van der Waals surface area (Å²) in [6.45, 7) is 4.10. The van der Waals surface area contributed by atoms with Crippen LogP contribution in [0.3, 0.4) is 0 Å². The third kappa shape index (κ3) is 1.70. The number of hydrogen-bond acceptors (Lipinski definition) is 1. The van der Waals surface area contributed by atoms with Crippen molar-refractivity contribution in [3.05, 3.63) is 64.1 Å². The Bertz CT molecular complexity index is 824. The molecule has 0 radical (unpaired) electrons. The highest BCUT2D eigenvalue weighted by molar-refractivity contribution is 5.78. The lowest BCUT2D eigenvalue weighted by Crippen LogP contribution is -2.21. The minimum Gasteiger partial charge on any atom is -0.295 e. The smallest absolute Gasteiger partial charge is 0.295 e. The van der Waals surface area contributed by atoms with Gasteiger partial charge >= 0.3 is 5.69 Å². The molecule has 0 unspecified atom stereocenters. The van der Waals surface area contributed by atoms with Gasteiger partial charge in [-0.3, -0.25) is 9.13 Å². The molecule has 0 atom stereocenters. The van der Waals surface area contributed by atoms with Crippen molar-refractivity contribution in [3.63, 3.8) is 0 Å². The van der Waals surface area contributed by atoms with E-state index < -0.39 is 0 Å². The van der Waals surface area contributed by atoms with E-state index in [-0.39, 0.29) is 5.69 Å². The van der Waals surface area contributed by atoms with Crippen LogP contribution in [0.2, 0.25) is 0 Å². The molecule has 0 saturated carbocycles. The van der Waals surface area contributed by atoms with Crippen LogP contribution in [0.4, 0.5) is 0 Å². The third-order valence-corrected chi connectivity index (χ3v) is 3.56. The molecule has 3 aromatic rings. The first-order valence-electron chi connectivity index (χ1n) is 6.33. The van der Waals surface area contributed by atoms with Crippen LogP contribution >= 0.6 is 0 Å². The second-order valence-corrected chi connectivity index (χ2v) is 4.96. The van der Waals surface area contributed by atoms with Crippen LogP contribution in [-0.2, 0) is 7.05 Å². The van der Waals surface area contributed by atoms with E-state index in [4.69, 9.17) is 0 Å². The fraction of sp³-hybridized carbons (Fsp3) is 0.188. The van der Waals surface area contributed by atoms with Crippen molar-refractivity contribution in [3.8, 4) is 5.69 Å². The van der Waals surface area contributed by atoms with Gasteiger partial charge in [0.05, 0.1) is 16.7 Å². The standard InChI is InChI=1S/C16H16N2O/c1-11-8-9-13(12(2)10-11)18-15-7-5-4-6-14(15)17(3)16(18)19/h4-10H,1-3H3. The van der Waals surface area contributed by atoms with E-state index in [9.17, 15) is 4.79 Å². The van der Waals surface area contributed by atoms with E-state index in [0.717, 1.165) is 22.3 Å². The maximum absolute atomic E-state index is 12.5. The summed E-state index contributed by atoms with van der Waals surface area (Å²) in [5.41, 5.74) is 5.16. The minimum absolute atomic E-state index is 0.00634. The first-order valence-corrected chi connectivity index (χ1v) is 6.33. The number of fused-ring (bicyclic) bond motifs is 1. The van der Waals surface area contributed by atoms with E-state index in [1.165, 1.54) is 5.56 Å². The Morgan fingerprint density at radius 1 is 0.947 bits per heavy atom. The number of benzene rings is 2. The number of para-hydroxylation sites is 2. The van der Waals surface area contributed by atoms with Gasteiger partial charge in [0.1, 0.15) is 0 Å². The maximum atomic E-state index is 12.5. The van der Waals surface area contributed by atoms with Gasteiger partial charge in [0.25, 0.3) is 0 Å². The molecule has 0 aliphatic carbocycles. The van der Waals surface area contributed by atoms with E-state index in [0.29, 0.717) is 0 Å². The molecule has 0 saturated heterocycles. The van der Waals surface area contributed by atoms with Gasteiger partial charge in [-0.1, -0.05) is 29.8 Å². The Hall–Kier alpha value is -2.29. The van der Waals surface area contributed by atoms with Crippen molar-refractivity contribution in [2.45, 2.75) is 13.8 Å². The van der Waals surface area contributed by atoms with Crippen LogP contribution in [0.25, 0.3) is 16.7 Å². The molecule has 19 heavy (non-hydrogen) atoms. The van der Waals surface area contributed by atoms with E-state index in [2.05, 4.69) is 13.0 Å². The lowest BCUT2D eigenvalue weighted by atomic mass is 10.1. The van der Waals surface area contributed by atoms with Crippen molar-refractivity contribution in [1.29, 1.82) is 0 Å². The molecule has 0 fully saturated rings. The van der Waals surface area contributed by atoms with Gasteiger partial charge in [0, 0.05) is 7.05 Å². The van der Waals surface area contributed by atoms with Crippen molar-refractivity contribution in [2.24, 2.45) is 7.05 Å². The molecule has 0 amide bonds. The van der Waals surface area contributed by atoms with Gasteiger partial charge in [0.15, 0.2) is 0 Å². The number of hydrogen-bond donors (Lipinski definition) is 0. The Kier molecular flexibility index (Phi) is 2.56. The van der Waals surface area contributed by atoms with Crippen LogP contribution in [0.15, 0.2) is 47.3 Å². The molecular weight excluding hydrogens is 236 g/mol. The zero-order valence-corrected chi connectivity index (χ0v) is 11.3. The largest absolute Gasteiger partial charge is 0.333 e. The number of imidazole rings is 1. The molecule has 0 N–H and O–H groups in total. The number of aromatic nitrogens is 2. The highest BCUT2D eigenvalue weighted by atomic mass is 16.1. The van der Waals surface area contributed by atoms with Crippen LogP contribution in [0, 0.1) is 13.8 Å². The van der Waals surface area contributed by atoms with Gasteiger partial charge in [0.2, 0.25) is 0 Å². The fourth-order valence-electron chi connectivity index (χ4n) is 2.58. The second-order valence-electron chi connectivity index (χ2n) is 4.96. The molecule has 3 heteroatoms. The summed E-state index contributed by atoms with van der Waals surface area (Å²) < 4.78 is 3.47. The summed E-state index contributed by atoms with van der Waals surface area (Å²) >= 11 is 0. The van der Waals surface area contributed by atoms with Crippen LogP contribution < -0.4 is 5.69 Å². The lowest BCUT2D eigenvalue weighted by Gasteiger charge is -2.08. The average Bonchev–Trinajstić information content (AvgIpc) is 2.64. The van der Waals surface area contributed by atoms with Gasteiger partial charge in [-0.2, -0.15) is 0 Å². The SMILES string of the molecule is Cc1ccc(-n2c(=O)n(C)c3ccccc32)c(C)c1.